The summed E-state index contributed by atoms with van der Waals surface area (Å²) in [5.41, 5.74) is 3.43. The smallest absolute Gasteiger partial charge is 0.309 e. The minimum atomic E-state index is -0.0961. The van der Waals surface area contributed by atoms with Crippen LogP contribution in [0.1, 0.15) is 89.7 Å². The van der Waals surface area contributed by atoms with Gasteiger partial charge in [0.05, 0.1) is 12.5 Å². The second kappa shape index (κ2) is 12.5. The molecule has 2 unspecified atom stereocenters. The molecule has 0 spiro atoms. The van der Waals surface area contributed by atoms with Gasteiger partial charge in [-0.2, -0.15) is 0 Å². The molecule has 168 valence electrons. The fraction of sp³-hybridized carbons (Fsp3) is 0.536. The molecule has 0 N–H and O–H groups in total. The van der Waals surface area contributed by atoms with Crippen LogP contribution in [0.3, 0.4) is 0 Å². The van der Waals surface area contributed by atoms with Gasteiger partial charge in [-0.05, 0) is 41.7 Å². The van der Waals surface area contributed by atoms with Gasteiger partial charge in [-0.3, -0.25) is 4.79 Å². The molecule has 1 fully saturated rings. The number of hydrogen-bond donors (Lipinski definition) is 0. The molecule has 3 heteroatoms. The molecule has 1 heterocycles. The molecule has 2 aromatic rings. The summed E-state index contributed by atoms with van der Waals surface area (Å²) in [4.78, 5) is 12.2. The number of esters is 1. The first-order valence-corrected chi connectivity index (χ1v) is 12.2. The molecule has 3 rings (SSSR count). The SMILES string of the molecule is CCCCCCOc1ccc(-c2ccc(C3CC(CCCCCC)C(=O)O3)cc2)cc1. The third-order valence-electron chi connectivity index (χ3n) is 6.23. The van der Waals surface area contributed by atoms with Crippen molar-refractivity contribution < 1.29 is 14.3 Å². The second-order valence-electron chi connectivity index (χ2n) is 8.76. The van der Waals surface area contributed by atoms with Crippen LogP contribution >= 0.6 is 0 Å². The average molecular weight is 423 g/mol. The Kier molecular flexibility index (Phi) is 9.45. The summed E-state index contributed by atoms with van der Waals surface area (Å²) in [6.07, 6.45) is 11.3. The highest BCUT2D eigenvalue weighted by Crippen LogP contribution is 2.36. The van der Waals surface area contributed by atoms with Crippen LogP contribution in [-0.4, -0.2) is 12.6 Å². The third-order valence-corrected chi connectivity index (χ3v) is 6.23. The molecule has 0 radical (unpaired) electrons. The van der Waals surface area contributed by atoms with Crippen LogP contribution in [-0.2, 0) is 9.53 Å². The number of cyclic esters (lactones) is 1. The second-order valence-corrected chi connectivity index (χ2v) is 8.76. The van der Waals surface area contributed by atoms with Crippen LogP contribution in [0.25, 0.3) is 11.1 Å². The molecular weight excluding hydrogens is 384 g/mol. The van der Waals surface area contributed by atoms with Crippen molar-refractivity contribution >= 4 is 5.97 Å². The summed E-state index contributed by atoms with van der Waals surface area (Å²) in [7, 11) is 0. The van der Waals surface area contributed by atoms with Gasteiger partial charge in [-0.1, -0.05) is 95.2 Å². The summed E-state index contributed by atoms with van der Waals surface area (Å²) >= 11 is 0. The van der Waals surface area contributed by atoms with Gasteiger partial charge >= 0.3 is 5.97 Å². The molecule has 1 aliphatic rings. The molecule has 2 atom stereocenters. The lowest BCUT2D eigenvalue weighted by Gasteiger charge is -2.11. The zero-order valence-electron chi connectivity index (χ0n) is 19.3. The zero-order valence-corrected chi connectivity index (χ0v) is 19.3. The Bertz CT molecular complexity index is 779. The maximum absolute atomic E-state index is 12.2. The summed E-state index contributed by atoms with van der Waals surface area (Å²) in [6, 6.07) is 16.8. The number of benzene rings is 2. The first-order chi connectivity index (χ1) is 15.2. The zero-order chi connectivity index (χ0) is 21.9. The predicted octanol–water partition coefficient (Wildman–Crippen LogP) is 7.89. The Balaban J connectivity index is 1.50. The molecule has 0 bridgehead atoms. The van der Waals surface area contributed by atoms with Crippen LogP contribution in [0, 0.1) is 5.92 Å². The molecule has 3 nitrogen and oxygen atoms in total. The highest BCUT2D eigenvalue weighted by atomic mass is 16.6. The molecule has 31 heavy (non-hydrogen) atoms. The van der Waals surface area contributed by atoms with Gasteiger partial charge in [0.1, 0.15) is 11.9 Å². The van der Waals surface area contributed by atoms with Crippen LogP contribution in [0.4, 0.5) is 0 Å². The van der Waals surface area contributed by atoms with Crippen molar-refractivity contribution in [3.05, 3.63) is 54.1 Å². The van der Waals surface area contributed by atoms with Gasteiger partial charge < -0.3 is 9.47 Å². The minimum Gasteiger partial charge on any atom is -0.494 e. The fourth-order valence-corrected chi connectivity index (χ4v) is 4.25. The van der Waals surface area contributed by atoms with Gasteiger partial charge in [-0.15, -0.1) is 0 Å². The van der Waals surface area contributed by atoms with E-state index in [1.807, 2.05) is 12.1 Å². The molecule has 1 saturated heterocycles. The lowest BCUT2D eigenvalue weighted by atomic mass is 9.94. The number of ether oxygens (including phenoxy) is 2. The van der Waals surface area contributed by atoms with E-state index in [4.69, 9.17) is 9.47 Å². The van der Waals surface area contributed by atoms with Crippen molar-refractivity contribution in [2.24, 2.45) is 5.92 Å². The Morgan fingerprint density at radius 3 is 2.06 bits per heavy atom. The third kappa shape index (κ3) is 7.12. The van der Waals surface area contributed by atoms with Crippen LogP contribution in [0.5, 0.6) is 5.75 Å². The summed E-state index contributed by atoms with van der Waals surface area (Å²) in [5, 5.41) is 0. The summed E-state index contributed by atoms with van der Waals surface area (Å²) in [5.74, 6) is 0.978. The molecule has 0 aliphatic carbocycles. The standard InChI is InChI=1S/C28H38O3/c1-3-5-7-9-11-25-21-27(31-28(25)29)24-14-12-22(13-15-24)23-16-18-26(19-17-23)30-20-10-8-6-4-2/h12-19,25,27H,3-11,20-21H2,1-2H3. The molecule has 0 saturated carbocycles. The van der Waals surface area contributed by atoms with Crippen molar-refractivity contribution in [3.63, 3.8) is 0 Å². The fourth-order valence-electron chi connectivity index (χ4n) is 4.25. The normalized spacial score (nSPS) is 18.2. The summed E-state index contributed by atoms with van der Waals surface area (Å²) in [6.45, 7) is 5.22. The van der Waals surface area contributed by atoms with E-state index in [9.17, 15) is 4.79 Å². The Morgan fingerprint density at radius 2 is 1.42 bits per heavy atom. The van der Waals surface area contributed by atoms with Gasteiger partial charge in [0.15, 0.2) is 0 Å². The number of carbonyl (C=O) groups excluding carboxylic acids is 1. The molecule has 2 aromatic carbocycles. The number of carbonyl (C=O) groups is 1. The van der Waals surface area contributed by atoms with E-state index in [0.717, 1.165) is 43.6 Å². The van der Waals surface area contributed by atoms with Gasteiger partial charge in [-0.25, -0.2) is 0 Å². The van der Waals surface area contributed by atoms with E-state index < -0.39 is 0 Å². The molecule has 1 aliphatic heterocycles. The number of hydrogen-bond acceptors (Lipinski definition) is 3. The van der Waals surface area contributed by atoms with E-state index in [1.54, 1.807) is 0 Å². The molecule has 0 amide bonds. The van der Waals surface area contributed by atoms with E-state index in [-0.39, 0.29) is 18.0 Å². The van der Waals surface area contributed by atoms with Crippen LogP contribution in [0.2, 0.25) is 0 Å². The van der Waals surface area contributed by atoms with E-state index in [1.165, 1.54) is 49.7 Å². The minimum absolute atomic E-state index is 0.0177. The predicted molar refractivity (Wildman–Crippen MR) is 127 cm³/mol. The molecular formula is C28H38O3. The van der Waals surface area contributed by atoms with Crippen LogP contribution < -0.4 is 4.74 Å². The largest absolute Gasteiger partial charge is 0.494 e. The average Bonchev–Trinajstić information content (AvgIpc) is 3.17. The maximum Gasteiger partial charge on any atom is 0.309 e. The first kappa shape index (κ1) is 23.4. The highest BCUT2D eigenvalue weighted by molar-refractivity contribution is 5.75. The van der Waals surface area contributed by atoms with E-state index in [0.29, 0.717) is 0 Å². The lowest BCUT2D eigenvalue weighted by molar-refractivity contribution is -0.144. The Labute approximate surface area is 188 Å². The van der Waals surface area contributed by atoms with Crippen molar-refractivity contribution in [2.75, 3.05) is 6.61 Å². The quantitative estimate of drug-likeness (QED) is 0.243. The number of unbranched alkanes of at least 4 members (excludes halogenated alkanes) is 6. The van der Waals surface area contributed by atoms with E-state index in [2.05, 4.69) is 50.2 Å². The monoisotopic (exact) mass is 422 g/mol. The van der Waals surface area contributed by atoms with Crippen molar-refractivity contribution in [1.29, 1.82) is 0 Å². The summed E-state index contributed by atoms with van der Waals surface area (Å²) < 4.78 is 11.5. The topological polar surface area (TPSA) is 35.5 Å². The number of rotatable bonds is 13. The van der Waals surface area contributed by atoms with Crippen LogP contribution in [0.15, 0.2) is 48.5 Å². The van der Waals surface area contributed by atoms with Gasteiger partial charge in [0.2, 0.25) is 0 Å². The Morgan fingerprint density at radius 1 is 0.806 bits per heavy atom. The Hall–Kier alpha value is -2.29. The van der Waals surface area contributed by atoms with E-state index >= 15 is 0 Å². The van der Waals surface area contributed by atoms with Crippen molar-refractivity contribution in [3.8, 4) is 16.9 Å². The molecule has 0 aromatic heterocycles. The highest BCUT2D eigenvalue weighted by Gasteiger charge is 2.34. The van der Waals surface area contributed by atoms with Gasteiger partial charge in [0, 0.05) is 6.42 Å². The van der Waals surface area contributed by atoms with Crippen molar-refractivity contribution in [1.82, 2.24) is 0 Å². The van der Waals surface area contributed by atoms with Crippen molar-refractivity contribution in [2.45, 2.75) is 84.2 Å². The lowest BCUT2D eigenvalue weighted by Crippen LogP contribution is -2.06. The maximum atomic E-state index is 12.2. The van der Waals surface area contributed by atoms with Gasteiger partial charge in [0.25, 0.3) is 0 Å². The first-order valence-electron chi connectivity index (χ1n) is 12.2.